The Morgan fingerprint density at radius 3 is 2.67 bits per heavy atom. The molecule has 0 bridgehead atoms. The van der Waals surface area contributed by atoms with Crippen LogP contribution in [0.25, 0.3) is 0 Å². The highest BCUT2D eigenvalue weighted by Gasteiger charge is 2.18. The number of nitrogens with zero attached hydrogens (tertiary/aromatic N) is 1. The molecule has 0 aromatic heterocycles. The first-order chi connectivity index (χ1) is 7.06. The summed E-state index contributed by atoms with van der Waals surface area (Å²) >= 11 is 0. The molecule has 4 heteroatoms. The van der Waals surface area contributed by atoms with Crippen LogP contribution in [0.3, 0.4) is 0 Å². The number of aryl methyl sites for hydroxylation is 1. The number of rotatable bonds is 3. The van der Waals surface area contributed by atoms with Crippen molar-refractivity contribution < 1.29 is 14.6 Å². The molecule has 0 radical (unpaired) electrons. The average Bonchev–Trinajstić information content (AvgIpc) is 2.21. The Bertz CT molecular complexity index is 387. The van der Waals surface area contributed by atoms with E-state index in [0.717, 1.165) is 0 Å². The van der Waals surface area contributed by atoms with E-state index in [-0.39, 0.29) is 12.2 Å². The van der Waals surface area contributed by atoms with Crippen molar-refractivity contribution in [2.45, 2.75) is 25.6 Å². The lowest BCUT2D eigenvalue weighted by Gasteiger charge is -2.16. The average molecular weight is 209 g/mol. The number of aliphatic hydroxyl groups is 2. The molecular formula is C11H12FNO2. The van der Waals surface area contributed by atoms with E-state index >= 15 is 0 Å². The van der Waals surface area contributed by atoms with Gasteiger partial charge in [-0.25, -0.2) is 4.39 Å². The maximum atomic E-state index is 12.9. The number of halogens is 1. The predicted molar refractivity (Wildman–Crippen MR) is 52.3 cm³/mol. The van der Waals surface area contributed by atoms with Gasteiger partial charge in [0.05, 0.1) is 18.6 Å². The Hall–Kier alpha value is -1.44. The van der Waals surface area contributed by atoms with Crippen LogP contribution in [0.4, 0.5) is 4.39 Å². The Balaban J connectivity index is 2.87. The number of aliphatic hydroxyl groups excluding tert-OH is 2. The standard InChI is InChI=1S/C11H12FNO2/c1-7-6-8(2-3-9(7)12)11(15)10(14)4-5-13/h2-3,6,10-11,14-15H,4H2,1H3. The topological polar surface area (TPSA) is 64.2 Å². The lowest BCUT2D eigenvalue weighted by molar-refractivity contribution is 0.0215. The van der Waals surface area contributed by atoms with Crippen LogP contribution in [0.2, 0.25) is 0 Å². The van der Waals surface area contributed by atoms with E-state index < -0.39 is 12.2 Å². The molecular weight excluding hydrogens is 197 g/mol. The van der Waals surface area contributed by atoms with E-state index in [9.17, 15) is 14.6 Å². The van der Waals surface area contributed by atoms with Crippen LogP contribution in [-0.4, -0.2) is 16.3 Å². The molecule has 0 amide bonds. The molecule has 80 valence electrons. The molecule has 0 saturated carbocycles. The molecule has 2 N–H and O–H groups in total. The molecule has 0 spiro atoms. The van der Waals surface area contributed by atoms with Gasteiger partial charge in [-0.3, -0.25) is 0 Å². The van der Waals surface area contributed by atoms with Gasteiger partial charge in [0.25, 0.3) is 0 Å². The molecule has 0 fully saturated rings. The van der Waals surface area contributed by atoms with Crippen molar-refractivity contribution in [3.05, 3.63) is 35.1 Å². The summed E-state index contributed by atoms with van der Waals surface area (Å²) in [6.45, 7) is 1.57. The zero-order valence-electron chi connectivity index (χ0n) is 8.31. The zero-order chi connectivity index (χ0) is 11.4. The first-order valence-corrected chi connectivity index (χ1v) is 4.55. The molecule has 0 saturated heterocycles. The summed E-state index contributed by atoms with van der Waals surface area (Å²) in [7, 11) is 0. The van der Waals surface area contributed by atoms with E-state index in [1.807, 2.05) is 0 Å². The van der Waals surface area contributed by atoms with Gasteiger partial charge >= 0.3 is 0 Å². The molecule has 0 aliphatic carbocycles. The third-order valence-corrected chi connectivity index (χ3v) is 2.19. The van der Waals surface area contributed by atoms with E-state index in [1.165, 1.54) is 18.2 Å². The number of hydrogen-bond acceptors (Lipinski definition) is 3. The molecule has 1 aromatic carbocycles. The summed E-state index contributed by atoms with van der Waals surface area (Å²) in [5, 5.41) is 27.3. The highest BCUT2D eigenvalue weighted by molar-refractivity contribution is 5.26. The third kappa shape index (κ3) is 2.75. The van der Waals surface area contributed by atoms with E-state index in [0.29, 0.717) is 11.1 Å². The molecule has 3 nitrogen and oxygen atoms in total. The zero-order valence-corrected chi connectivity index (χ0v) is 8.31. The summed E-state index contributed by atoms with van der Waals surface area (Å²) in [6, 6.07) is 5.84. The van der Waals surface area contributed by atoms with Crippen LogP contribution in [0.15, 0.2) is 18.2 Å². The lowest BCUT2D eigenvalue weighted by Crippen LogP contribution is -2.17. The van der Waals surface area contributed by atoms with Gasteiger partial charge in [0.1, 0.15) is 11.9 Å². The molecule has 2 atom stereocenters. The van der Waals surface area contributed by atoms with Crippen LogP contribution in [0.5, 0.6) is 0 Å². The molecule has 1 aromatic rings. The summed E-state index contributed by atoms with van der Waals surface area (Å²) < 4.78 is 12.9. The lowest BCUT2D eigenvalue weighted by atomic mass is 10.0. The van der Waals surface area contributed by atoms with Gasteiger partial charge in [-0.05, 0) is 24.1 Å². The Morgan fingerprint density at radius 2 is 2.13 bits per heavy atom. The van der Waals surface area contributed by atoms with Crippen molar-refractivity contribution in [1.82, 2.24) is 0 Å². The minimum Gasteiger partial charge on any atom is -0.389 e. The first-order valence-electron chi connectivity index (χ1n) is 4.55. The van der Waals surface area contributed by atoms with Crippen LogP contribution in [0, 0.1) is 24.1 Å². The quantitative estimate of drug-likeness (QED) is 0.791. The first kappa shape index (κ1) is 11.6. The fourth-order valence-electron chi connectivity index (χ4n) is 1.28. The van der Waals surface area contributed by atoms with Crippen molar-refractivity contribution in [3.63, 3.8) is 0 Å². The molecule has 2 unspecified atom stereocenters. The van der Waals surface area contributed by atoms with E-state index in [2.05, 4.69) is 0 Å². The summed E-state index contributed by atoms with van der Waals surface area (Å²) in [5.74, 6) is -0.360. The van der Waals surface area contributed by atoms with Crippen molar-refractivity contribution in [1.29, 1.82) is 5.26 Å². The van der Waals surface area contributed by atoms with Crippen molar-refractivity contribution >= 4 is 0 Å². The molecule has 0 aliphatic rings. The fraction of sp³-hybridized carbons (Fsp3) is 0.364. The Kier molecular flexibility index (Phi) is 3.78. The largest absolute Gasteiger partial charge is 0.389 e. The number of nitriles is 1. The predicted octanol–water partition coefficient (Wildman–Crippen LogP) is 1.44. The van der Waals surface area contributed by atoms with Crippen molar-refractivity contribution in [2.24, 2.45) is 0 Å². The van der Waals surface area contributed by atoms with Gasteiger partial charge in [-0.2, -0.15) is 5.26 Å². The smallest absolute Gasteiger partial charge is 0.126 e. The minimum absolute atomic E-state index is 0.155. The minimum atomic E-state index is -1.15. The van der Waals surface area contributed by atoms with Crippen LogP contribution in [0.1, 0.15) is 23.7 Å². The Morgan fingerprint density at radius 1 is 1.47 bits per heavy atom. The normalized spacial score (nSPS) is 14.3. The van der Waals surface area contributed by atoms with Gasteiger partial charge in [0, 0.05) is 0 Å². The summed E-state index contributed by atoms with van der Waals surface area (Å²) in [6.07, 6.45) is -2.44. The van der Waals surface area contributed by atoms with Gasteiger partial charge in [0.15, 0.2) is 0 Å². The highest BCUT2D eigenvalue weighted by Crippen LogP contribution is 2.20. The van der Waals surface area contributed by atoms with Gasteiger partial charge < -0.3 is 10.2 Å². The molecule has 0 heterocycles. The monoisotopic (exact) mass is 209 g/mol. The van der Waals surface area contributed by atoms with Gasteiger partial charge in [-0.15, -0.1) is 0 Å². The maximum Gasteiger partial charge on any atom is 0.126 e. The van der Waals surface area contributed by atoms with E-state index in [4.69, 9.17) is 5.26 Å². The maximum absolute atomic E-state index is 12.9. The highest BCUT2D eigenvalue weighted by atomic mass is 19.1. The van der Waals surface area contributed by atoms with Gasteiger partial charge in [0.2, 0.25) is 0 Å². The Labute approximate surface area is 87.4 Å². The van der Waals surface area contributed by atoms with E-state index in [1.54, 1.807) is 13.0 Å². The third-order valence-electron chi connectivity index (χ3n) is 2.19. The van der Waals surface area contributed by atoms with Crippen molar-refractivity contribution in [3.8, 4) is 6.07 Å². The second-order valence-corrected chi connectivity index (χ2v) is 3.38. The van der Waals surface area contributed by atoms with Crippen LogP contribution >= 0.6 is 0 Å². The molecule has 1 rings (SSSR count). The van der Waals surface area contributed by atoms with Crippen molar-refractivity contribution in [2.75, 3.05) is 0 Å². The SMILES string of the molecule is Cc1cc(C(O)C(O)CC#N)ccc1F. The summed E-state index contributed by atoms with van der Waals surface area (Å²) in [4.78, 5) is 0. The molecule has 15 heavy (non-hydrogen) atoms. The second-order valence-electron chi connectivity index (χ2n) is 3.38. The second kappa shape index (κ2) is 4.87. The van der Waals surface area contributed by atoms with Crippen LogP contribution in [-0.2, 0) is 0 Å². The fourth-order valence-corrected chi connectivity index (χ4v) is 1.28. The summed E-state index contributed by atoms with van der Waals surface area (Å²) in [5.41, 5.74) is 0.812. The number of benzene rings is 1. The molecule has 0 aliphatic heterocycles. The number of hydrogen-bond donors (Lipinski definition) is 2. The van der Waals surface area contributed by atoms with Gasteiger partial charge in [-0.1, -0.05) is 12.1 Å². The van der Waals surface area contributed by atoms with Crippen LogP contribution < -0.4 is 0 Å².